The van der Waals surface area contributed by atoms with Gasteiger partial charge in [0.15, 0.2) is 0 Å². The largest absolute Gasteiger partial charge is 0.239 e. The van der Waals surface area contributed by atoms with Gasteiger partial charge in [-0.2, -0.15) is 0 Å². The van der Waals surface area contributed by atoms with E-state index >= 15 is 0 Å². The van der Waals surface area contributed by atoms with Crippen LogP contribution in [0.3, 0.4) is 0 Å². The van der Waals surface area contributed by atoms with E-state index in [9.17, 15) is 8.42 Å². The van der Waals surface area contributed by atoms with E-state index in [0.717, 1.165) is 12.8 Å². The average molecular weight is 181 g/mol. The van der Waals surface area contributed by atoms with E-state index in [2.05, 4.69) is 9.78 Å². The van der Waals surface area contributed by atoms with Crippen molar-refractivity contribution in [2.24, 2.45) is 5.14 Å². The maximum atomic E-state index is 10.7. The van der Waals surface area contributed by atoms with E-state index in [4.69, 9.17) is 5.14 Å². The van der Waals surface area contributed by atoms with Crippen molar-refractivity contribution < 1.29 is 18.2 Å². The first-order chi connectivity index (χ1) is 5.11. The molecule has 0 radical (unpaired) electrons. The maximum Gasteiger partial charge on any atom is 0.239 e. The summed E-state index contributed by atoms with van der Waals surface area (Å²) in [6.45, 7) is 0.437. The molecule has 1 aliphatic rings. The molecule has 0 saturated carbocycles. The van der Waals surface area contributed by atoms with Gasteiger partial charge in [-0.25, -0.2) is 23.3 Å². The number of sulfonamides is 1. The smallest absolute Gasteiger partial charge is 0.235 e. The van der Waals surface area contributed by atoms with Crippen molar-refractivity contribution in [3.05, 3.63) is 0 Å². The predicted octanol–water partition coefficient (Wildman–Crippen LogP) is -0.267. The van der Waals surface area contributed by atoms with Gasteiger partial charge in [0.1, 0.15) is 0 Å². The first-order valence-electron chi connectivity index (χ1n) is 3.40. The van der Waals surface area contributed by atoms with Gasteiger partial charge in [-0.15, -0.1) is 0 Å². The standard InChI is InChI=1S/C5H11NO4S/c6-11(7,8)5-3-1-2-4-9-10-5/h5H,1-4H2,(H2,6,7,8). The zero-order valence-electron chi connectivity index (χ0n) is 6.02. The van der Waals surface area contributed by atoms with Crippen molar-refractivity contribution in [1.29, 1.82) is 0 Å². The highest BCUT2D eigenvalue weighted by Gasteiger charge is 2.24. The van der Waals surface area contributed by atoms with Crippen LogP contribution in [0.25, 0.3) is 0 Å². The highest BCUT2D eigenvalue weighted by Crippen LogP contribution is 2.13. The summed E-state index contributed by atoms with van der Waals surface area (Å²) in [5.41, 5.74) is -0.981. The predicted molar refractivity (Wildman–Crippen MR) is 37.8 cm³/mol. The van der Waals surface area contributed by atoms with Crippen molar-refractivity contribution in [3.8, 4) is 0 Å². The van der Waals surface area contributed by atoms with Gasteiger partial charge in [0, 0.05) is 0 Å². The number of hydrogen-bond donors (Lipinski definition) is 1. The van der Waals surface area contributed by atoms with E-state index in [1.54, 1.807) is 0 Å². The number of rotatable bonds is 1. The first kappa shape index (κ1) is 8.92. The minimum atomic E-state index is -3.60. The summed E-state index contributed by atoms with van der Waals surface area (Å²) in [6, 6.07) is 0. The van der Waals surface area contributed by atoms with Crippen molar-refractivity contribution in [2.45, 2.75) is 24.7 Å². The summed E-state index contributed by atoms with van der Waals surface area (Å²) in [4.78, 5) is 9.13. The molecule has 0 aromatic rings. The van der Waals surface area contributed by atoms with E-state index in [1.165, 1.54) is 0 Å². The van der Waals surface area contributed by atoms with Gasteiger partial charge in [0.2, 0.25) is 15.5 Å². The van der Waals surface area contributed by atoms with Crippen LogP contribution in [0, 0.1) is 0 Å². The van der Waals surface area contributed by atoms with Crippen LogP contribution in [-0.2, 0) is 19.8 Å². The quantitative estimate of drug-likeness (QED) is 0.565. The summed E-state index contributed by atoms with van der Waals surface area (Å²) in [6.07, 6.45) is 1.99. The Morgan fingerprint density at radius 2 is 2.09 bits per heavy atom. The van der Waals surface area contributed by atoms with Gasteiger partial charge in [0.05, 0.1) is 6.61 Å². The molecule has 0 aliphatic carbocycles. The van der Waals surface area contributed by atoms with Crippen molar-refractivity contribution in [1.82, 2.24) is 0 Å². The summed E-state index contributed by atoms with van der Waals surface area (Å²) in [7, 11) is -3.60. The van der Waals surface area contributed by atoms with Crippen LogP contribution in [0.4, 0.5) is 0 Å². The Balaban J connectivity index is 2.57. The van der Waals surface area contributed by atoms with Crippen molar-refractivity contribution in [3.63, 3.8) is 0 Å². The van der Waals surface area contributed by atoms with Crippen LogP contribution in [0.5, 0.6) is 0 Å². The zero-order valence-corrected chi connectivity index (χ0v) is 6.84. The summed E-state index contributed by atoms with van der Waals surface area (Å²) >= 11 is 0. The molecular formula is C5H11NO4S. The van der Waals surface area contributed by atoms with Crippen LogP contribution in [0.1, 0.15) is 19.3 Å². The Labute approximate surface area is 65.5 Å². The maximum absolute atomic E-state index is 10.7. The normalized spacial score (nSPS) is 27.9. The molecule has 11 heavy (non-hydrogen) atoms. The second-order valence-electron chi connectivity index (χ2n) is 2.43. The Kier molecular flexibility index (Phi) is 2.83. The molecule has 6 heteroatoms. The monoisotopic (exact) mass is 181 g/mol. The lowest BCUT2D eigenvalue weighted by molar-refractivity contribution is -0.299. The summed E-state index contributed by atoms with van der Waals surface area (Å²) < 4.78 is 21.4. The SMILES string of the molecule is NS(=O)(=O)C1CCCCOO1. The highest BCUT2D eigenvalue weighted by atomic mass is 32.2. The van der Waals surface area contributed by atoms with Crippen molar-refractivity contribution >= 4 is 10.0 Å². The molecule has 1 rings (SSSR count). The molecule has 1 aliphatic heterocycles. The molecule has 0 aromatic heterocycles. The summed E-state index contributed by atoms with van der Waals surface area (Å²) in [5, 5.41) is 4.85. The van der Waals surface area contributed by atoms with Crippen LogP contribution in [-0.4, -0.2) is 20.5 Å². The van der Waals surface area contributed by atoms with Gasteiger partial charge in [-0.1, -0.05) is 0 Å². The molecule has 5 nitrogen and oxygen atoms in total. The fourth-order valence-electron chi connectivity index (χ4n) is 0.863. The molecule has 1 saturated heterocycles. The van der Waals surface area contributed by atoms with Crippen LogP contribution in [0.2, 0.25) is 0 Å². The third-order valence-corrected chi connectivity index (χ3v) is 2.51. The molecule has 0 bridgehead atoms. The fourth-order valence-corrected chi connectivity index (χ4v) is 1.52. The van der Waals surface area contributed by atoms with Gasteiger partial charge in [0.25, 0.3) is 0 Å². The van der Waals surface area contributed by atoms with E-state index in [0.29, 0.717) is 13.0 Å². The number of nitrogens with two attached hydrogens (primary N) is 1. The molecule has 0 amide bonds. The lowest BCUT2D eigenvalue weighted by Crippen LogP contribution is -2.30. The number of hydrogen-bond acceptors (Lipinski definition) is 4. The van der Waals surface area contributed by atoms with Crippen LogP contribution >= 0.6 is 0 Å². The lowest BCUT2D eigenvalue weighted by atomic mass is 10.2. The topological polar surface area (TPSA) is 78.6 Å². The molecular weight excluding hydrogens is 170 g/mol. The lowest BCUT2D eigenvalue weighted by Gasteiger charge is -2.09. The number of primary sulfonamides is 1. The van der Waals surface area contributed by atoms with Crippen LogP contribution < -0.4 is 5.14 Å². The Hall–Kier alpha value is -0.170. The zero-order chi connectivity index (χ0) is 8.32. The van der Waals surface area contributed by atoms with Gasteiger partial charge < -0.3 is 0 Å². The third kappa shape index (κ3) is 2.74. The van der Waals surface area contributed by atoms with Gasteiger partial charge in [-0.05, 0) is 19.3 Å². The summed E-state index contributed by atoms with van der Waals surface area (Å²) in [5.74, 6) is 0. The third-order valence-electron chi connectivity index (χ3n) is 1.46. The molecule has 0 spiro atoms. The second kappa shape index (κ2) is 3.48. The Morgan fingerprint density at radius 1 is 1.36 bits per heavy atom. The minimum Gasteiger partial charge on any atom is -0.235 e. The van der Waals surface area contributed by atoms with E-state index < -0.39 is 15.5 Å². The Bertz CT molecular complexity index is 205. The molecule has 1 unspecified atom stereocenters. The highest BCUT2D eigenvalue weighted by molar-refractivity contribution is 7.89. The molecule has 0 aromatic carbocycles. The molecule has 2 N–H and O–H groups in total. The fraction of sp³-hybridized carbons (Fsp3) is 1.00. The molecule has 66 valence electrons. The molecule has 1 heterocycles. The average Bonchev–Trinajstić information content (AvgIpc) is 2.10. The molecule has 1 atom stereocenters. The Morgan fingerprint density at radius 3 is 2.73 bits per heavy atom. The minimum absolute atomic E-state index is 0.416. The van der Waals surface area contributed by atoms with Gasteiger partial charge >= 0.3 is 0 Å². The van der Waals surface area contributed by atoms with Gasteiger partial charge in [-0.3, -0.25) is 0 Å². The van der Waals surface area contributed by atoms with Crippen LogP contribution in [0.15, 0.2) is 0 Å². The van der Waals surface area contributed by atoms with E-state index in [-0.39, 0.29) is 0 Å². The molecule has 1 fully saturated rings. The van der Waals surface area contributed by atoms with E-state index in [1.807, 2.05) is 0 Å². The first-order valence-corrected chi connectivity index (χ1v) is 5.01. The second-order valence-corrected chi connectivity index (χ2v) is 4.14. The van der Waals surface area contributed by atoms with Crippen molar-refractivity contribution in [2.75, 3.05) is 6.61 Å².